The third-order valence-corrected chi connectivity index (χ3v) is 5.71. The molecule has 6 heteroatoms. The van der Waals surface area contributed by atoms with Crippen LogP contribution in [-0.2, 0) is 4.74 Å². The highest BCUT2D eigenvalue weighted by molar-refractivity contribution is 7.99. The van der Waals surface area contributed by atoms with Crippen molar-refractivity contribution in [2.75, 3.05) is 18.1 Å². The smallest absolute Gasteiger partial charge is 0.133 e. The maximum Gasteiger partial charge on any atom is 0.133 e. The molecule has 2 N–H and O–H groups in total. The van der Waals surface area contributed by atoms with Crippen molar-refractivity contribution in [3.05, 3.63) is 35.1 Å². The highest BCUT2D eigenvalue weighted by Gasteiger charge is 2.42. The van der Waals surface area contributed by atoms with E-state index in [0.717, 1.165) is 17.9 Å². The molecule has 116 valence electrons. The lowest BCUT2D eigenvalue weighted by Gasteiger charge is -2.40. The van der Waals surface area contributed by atoms with Crippen LogP contribution in [-0.4, -0.2) is 23.7 Å². The number of benzene rings is 1. The Balaban J connectivity index is 1.83. The van der Waals surface area contributed by atoms with Crippen molar-refractivity contribution in [2.45, 2.75) is 30.9 Å². The van der Waals surface area contributed by atoms with Gasteiger partial charge in [0.15, 0.2) is 0 Å². The van der Waals surface area contributed by atoms with Crippen molar-refractivity contribution in [3.8, 4) is 0 Å². The summed E-state index contributed by atoms with van der Waals surface area (Å²) in [5.74, 6) is -0.822. The van der Waals surface area contributed by atoms with Crippen LogP contribution in [0.25, 0.3) is 0 Å². The lowest BCUT2D eigenvalue weighted by Crippen LogP contribution is -2.43. The number of ether oxygens (including phenoxy) is 1. The van der Waals surface area contributed by atoms with Crippen LogP contribution in [0.2, 0.25) is 0 Å². The summed E-state index contributed by atoms with van der Waals surface area (Å²) in [6.07, 6.45) is 2.33. The molecule has 21 heavy (non-hydrogen) atoms. The topological polar surface area (TPSA) is 35.2 Å². The van der Waals surface area contributed by atoms with Gasteiger partial charge in [0.1, 0.15) is 17.5 Å². The summed E-state index contributed by atoms with van der Waals surface area (Å²) in [7, 11) is 0. The predicted molar refractivity (Wildman–Crippen MR) is 76.6 cm³/mol. The third-order valence-electron chi connectivity index (χ3n) is 4.48. The fourth-order valence-electron chi connectivity index (χ4n) is 3.34. The van der Waals surface area contributed by atoms with Crippen LogP contribution in [0.5, 0.6) is 0 Å². The van der Waals surface area contributed by atoms with Crippen molar-refractivity contribution in [1.82, 2.24) is 0 Å². The van der Waals surface area contributed by atoms with Crippen LogP contribution in [0, 0.1) is 23.4 Å². The van der Waals surface area contributed by atoms with Crippen molar-refractivity contribution in [3.63, 3.8) is 0 Å². The van der Waals surface area contributed by atoms with Gasteiger partial charge in [0.05, 0.1) is 5.60 Å². The molecule has 2 nitrogen and oxygen atoms in total. The van der Waals surface area contributed by atoms with Crippen LogP contribution in [0.1, 0.15) is 30.9 Å². The average Bonchev–Trinajstić information content (AvgIpc) is 2.85. The Hall–Kier alpha value is -0.720. The quantitative estimate of drug-likeness (QED) is 0.908. The van der Waals surface area contributed by atoms with Crippen molar-refractivity contribution in [2.24, 2.45) is 11.7 Å². The molecule has 2 heterocycles. The molecule has 2 aliphatic rings. The minimum Gasteiger partial charge on any atom is -0.374 e. The van der Waals surface area contributed by atoms with Crippen LogP contribution >= 0.6 is 11.8 Å². The van der Waals surface area contributed by atoms with E-state index in [4.69, 9.17) is 10.5 Å². The summed E-state index contributed by atoms with van der Waals surface area (Å²) in [6, 6.07) is 0.620. The molecule has 1 aromatic rings. The molecule has 0 aromatic heterocycles. The van der Waals surface area contributed by atoms with Gasteiger partial charge in [-0.25, -0.2) is 13.2 Å². The first-order chi connectivity index (χ1) is 10.0. The van der Waals surface area contributed by atoms with Crippen molar-refractivity contribution < 1.29 is 17.9 Å². The van der Waals surface area contributed by atoms with E-state index in [1.54, 1.807) is 0 Å². The van der Waals surface area contributed by atoms with Crippen molar-refractivity contribution >= 4 is 11.8 Å². The highest BCUT2D eigenvalue weighted by Crippen LogP contribution is 2.44. The van der Waals surface area contributed by atoms with Gasteiger partial charge in [0.25, 0.3) is 0 Å². The lowest BCUT2D eigenvalue weighted by atomic mass is 9.79. The SMILES string of the molecule is NC(c1c(F)cc(F)cc1F)C1CCOC2(CCSC2)C1. The van der Waals surface area contributed by atoms with E-state index in [9.17, 15) is 13.2 Å². The second-order valence-electron chi connectivity index (χ2n) is 5.90. The van der Waals surface area contributed by atoms with Crippen molar-refractivity contribution in [1.29, 1.82) is 0 Å². The van der Waals surface area contributed by atoms with Crippen LogP contribution in [0.3, 0.4) is 0 Å². The van der Waals surface area contributed by atoms with Gasteiger partial charge in [-0.1, -0.05) is 0 Å². The Morgan fingerprint density at radius 2 is 2.00 bits per heavy atom. The molecule has 0 saturated carbocycles. The van der Waals surface area contributed by atoms with Gasteiger partial charge in [0.2, 0.25) is 0 Å². The number of halogens is 3. The van der Waals surface area contributed by atoms with E-state index < -0.39 is 23.5 Å². The van der Waals surface area contributed by atoms with Gasteiger partial charge in [-0.05, 0) is 30.9 Å². The van der Waals surface area contributed by atoms with Crippen LogP contribution in [0.4, 0.5) is 13.2 Å². The first-order valence-corrected chi connectivity index (χ1v) is 8.28. The van der Waals surface area contributed by atoms with Gasteiger partial charge >= 0.3 is 0 Å². The van der Waals surface area contributed by atoms with Gasteiger partial charge in [-0.2, -0.15) is 11.8 Å². The maximum atomic E-state index is 13.9. The fourth-order valence-corrected chi connectivity index (χ4v) is 4.72. The summed E-state index contributed by atoms with van der Waals surface area (Å²) >= 11 is 1.83. The second-order valence-corrected chi connectivity index (χ2v) is 7.00. The summed E-state index contributed by atoms with van der Waals surface area (Å²) in [5.41, 5.74) is 5.71. The predicted octanol–water partition coefficient (Wildman–Crippen LogP) is 3.41. The summed E-state index contributed by atoms with van der Waals surface area (Å²) < 4.78 is 46.7. The van der Waals surface area contributed by atoms with Gasteiger partial charge in [0, 0.05) is 36.1 Å². The molecule has 0 aliphatic carbocycles. The zero-order chi connectivity index (χ0) is 15.0. The second kappa shape index (κ2) is 5.82. The fraction of sp³-hybridized carbons (Fsp3) is 0.600. The number of hydrogen-bond acceptors (Lipinski definition) is 3. The van der Waals surface area contributed by atoms with Gasteiger partial charge in [-0.15, -0.1) is 0 Å². The number of hydrogen-bond donors (Lipinski definition) is 1. The summed E-state index contributed by atoms with van der Waals surface area (Å²) in [4.78, 5) is 0. The zero-order valence-corrected chi connectivity index (χ0v) is 12.4. The molecule has 1 aromatic carbocycles. The van der Waals surface area contributed by atoms with E-state index in [0.29, 0.717) is 31.6 Å². The Bertz CT molecular complexity index is 511. The number of rotatable bonds is 2. The Labute approximate surface area is 126 Å². The normalized spacial score (nSPS) is 30.8. The van der Waals surface area contributed by atoms with E-state index in [1.165, 1.54) is 0 Å². The van der Waals surface area contributed by atoms with E-state index in [-0.39, 0.29) is 17.1 Å². The third kappa shape index (κ3) is 2.94. The molecule has 3 atom stereocenters. The first-order valence-electron chi connectivity index (χ1n) is 7.12. The number of thioether (sulfide) groups is 1. The van der Waals surface area contributed by atoms with E-state index in [2.05, 4.69) is 0 Å². The monoisotopic (exact) mass is 317 g/mol. The molecular weight excluding hydrogens is 299 g/mol. The minimum atomic E-state index is -0.920. The van der Waals surface area contributed by atoms with E-state index in [1.807, 2.05) is 11.8 Å². The van der Waals surface area contributed by atoms with Crippen LogP contribution < -0.4 is 5.73 Å². The maximum absolute atomic E-state index is 13.9. The Kier molecular flexibility index (Phi) is 4.21. The lowest BCUT2D eigenvalue weighted by molar-refractivity contribution is -0.0837. The molecule has 2 saturated heterocycles. The minimum absolute atomic E-state index is 0.0492. The Morgan fingerprint density at radius 3 is 2.62 bits per heavy atom. The average molecular weight is 317 g/mol. The molecule has 1 spiro atoms. The summed E-state index contributed by atoms with van der Waals surface area (Å²) in [6.45, 7) is 0.559. The first kappa shape index (κ1) is 15.2. The van der Waals surface area contributed by atoms with Crippen LogP contribution in [0.15, 0.2) is 12.1 Å². The number of nitrogens with two attached hydrogens (primary N) is 1. The molecule has 2 fully saturated rings. The van der Waals surface area contributed by atoms with Gasteiger partial charge < -0.3 is 10.5 Å². The molecular formula is C15H18F3NOS. The molecule has 2 aliphatic heterocycles. The molecule has 3 unspecified atom stereocenters. The summed E-state index contributed by atoms with van der Waals surface area (Å²) in [5, 5.41) is 0. The highest BCUT2D eigenvalue weighted by atomic mass is 32.2. The molecule has 0 radical (unpaired) electrons. The zero-order valence-electron chi connectivity index (χ0n) is 11.6. The molecule has 0 amide bonds. The van der Waals surface area contributed by atoms with Gasteiger partial charge in [-0.3, -0.25) is 0 Å². The molecule has 3 rings (SSSR count). The van der Waals surface area contributed by atoms with E-state index >= 15 is 0 Å². The largest absolute Gasteiger partial charge is 0.374 e. The Morgan fingerprint density at radius 1 is 1.29 bits per heavy atom. The standard InChI is InChI=1S/C15H18F3NOS/c16-10-5-11(17)13(12(18)6-10)14(19)9-1-3-20-15(7-9)2-4-21-8-15/h5-6,9,14H,1-4,7-8,19H2. The molecule has 0 bridgehead atoms.